The zero-order valence-electron chi connectivity index (χ0n) is 10.2. The van der Waals surface area contributed by atoms with Gasteiger partial charge >= 0.3 is 0 Å². The predicted octanol–water partition coefficient (Wildman–Crippen LogP) is 1.92. The molecule has 1 aromatic carbocycles. The maximum absolute atomic E-state index is 9.77. The number of piperidine rings is 1. The number of nitrogens with one attached hydrogen (secondary N) is 1. The molecule has 88 valence electrons. The summed E-state index contributed by atoms with van der Waals surface area (Å²) < 4.78 is 0. The average molecular weight is 219 g/mol. The number of aliphatic hydroxyl groups is 1. The van der Waals surface area contributed by atoms with E-state index in [1.54, 1.807) is 0 Å². The van der Waals surface area contributed by atoms with Gasteiger partial charge in [-0.25, -0.2) is 0 Å². The molecule has 2 heteroatoms. The molecule has 1 fully saturated rings. The molecule has 0 bridgehead atoms. The van der Waals surface area contributed by atoms with Crippen molar-refractivity contribution in [2.75, 3.05) is 19.7 Å². The minimum atomic E-state index is -0.0612. The molecular formula is C14H21NO. The van der Waals surface area contributed by atoms with Crippen LogP contribution in [0.15, 0.2) is 18.2 Å². The molecule has 2 N–H and O–H groups in total. The van der Waals surface area contributed by atoms with Gasteiger partial charge in [-0.1, -0.05) is 23.8 Å². The molecule has 1 unspecified atom stereocenters. The van der Waals surface area contributed by atoms with Crippen LogP contribution in [0.25, 0.3) is 0 Å². The van der Waals surface area contributed by atoms with Crippen LogP contribution in [0, 0.1) is 13.8 Å². The van der Waals surface area contributed by atoms with Crippen molar-refractivity contribution in [2.24, 2.45) is 0 Å². The van der Waals surface area contributed by atoms with Crippen molar-refractivity contribution in [1.82, 2.24) is 5.32 Å². The van der Waals surface area contributed by atoms with Gasteiger partial charge in [0.15, 0.2) is 0 Å². The Kier molecular flexibility index (Phi) is 3.31. The number of hydrogen-bond donors (Lipinski definition) is 2. The van der Waals surface area contributed by atoms with E-state index in [1.165, 1.54) is 16.7 Å². The fourth-order valence-corrected chi connectivity index (χ4v) is 2.73. The van der Waals surface area contributed by atoms with Gasteiger partial charge in [0.05, 0.1) is 6.61 Å². The lowest BCUT2D eigenvalue weighted by atomic mass is 9.73. The van der Waals surface area contributed by atoms with Crippen molar-refractivity contribution < 1.29 is 5.11 Å². The Balaban J connectivity index is 2.42. The van der Waals surface area contributed by atoms with E-state index in [4.69, 9.17) is 0 Å². The highest BCUT2D eigenvalue weighted by Gasteiger charge is 2.34. The smallest absolute Gasteiger partial charge is 0.0540 e. The van der Waals surface area contributed by atoms with Crippen molar-refractivity contribution >= 4 is 0 Å². The highest BCUT2D eigenvalue weighted by molar-refractivity contribution is 5.37. The molecule has 16 heavy (non-hydrogen) atoms. The standard InChI is InChI=1S/C14H21NO/c1-11-4-5-12(2)13(8-11)14(10-16)6-3-7-15-9-14/h4-5,8,15-16H,3,6-7,9-10H2,1-2H3. The van der Waals surface area contributed by atoms with Crippen molar-refractivity contribution in [3.8, 4) is 0 Å². The maximum atomic E-state index is 9.77. The first-order valence-corrected chi connectivity index (χ1v) is 6.07. The molecule has 2 nitrogen and oxygen atoms in total. The third-order valence-corrected chi connectivity index (χ3v) is 3.74. The molecule has 1 aromatic rings. The van der Waals surface area contributed by atoms with Gasteiger partial charge in [0.25, 0.3) is 0 Å². The van der Waals surface area contributed by atoms with Crippen LogP contribution in [0.2, 0.25) is 0 Å². The summed E-state index contributed by atoms with van der Waals surface area (Å²) in [5, 5.41) is 13.2. The highest BCUT2D eigenvalue weighted by Crippen LogP contribution is 2.33. The van der Waals surface area contributed by atoms with E-state index in [-0.39, 0.29) is 12.0 Å². The first-order valence-electron chi connectivity index (χ1n) is 6.07. The number of rotatable bonds is 2. The molecule has 0 spiro atoms. The molecule has 0 saturated carbocycles. The van der Waals surface area contributed by atoms with Crippen LogP contribution in [0.5, 0.6) is 0 Å². The first kappa shape index (κ1) is 11.6. The molecule has 0 radical (unpaired) electrons. The van der Waals surface area contributed by atoms with E-state index in [2.05, 4.69) is 37.4 Å². The van der Waals surface area contributed by atoms with Crippen LogP contribution in [0.3, 0.4) is 0 Å². The fraction of sp³-hybridized carbons (Fsp3) is 0.571. The van der Waals surface area contributed by atoms with E-state index < -0.39 is 0 Å². The van der Waals surface area contributed by atoms with E-state index in [1.807, 2.05) is 0 Å². The third-order valence-electron chi connectivity index (χ3n) is 3.74. The topological polar surface area (TPSA) is 32.3 Å². The summed E-state index contributed by atoms with van der Waals surface area (Å²) in [6, 6.07) is 6.54. The molecule has 0 aliphatic carbocycles. The molecule has 2 rings (SSSR count). The van der Waals surface area contributed by atoms with Crippen LogP contribution >= 0.6 is 0 Å². The van der Waals surface area contributed by atoms with Crippen molar-refractivity contribution in [3.05, 3.63) is 34.9 Å². The van der Waals surface area contributed by atoms with Gasteiger partial charge in [-0.3, -0.25) is 0 Å². The SMILES string of the molecule is Cc1ccc(C)c(C2(CO)CCCNC2)c1. The maximum Gasteiger partial charge on any atom is 0.0540 e. The van der Waals surface area contributed by atoms with Gasteiger partial charge in [-0.2, -0.15) is 0 Å². The Morgan fingerprint density at radius 1 is 1.38 bits per heavy atom. The first-order chi connectivity index (χ1) is 7.68. The minimum absolute atomic E-state index is 0.0612. The van der Waals surface area contributed by atoms with Crippen LogP contribution in [-0.2, 0) is 5.41 Å². The zero-order valence-corrected chi connectivity index (χ0v) is 10.2. The number of benzene rings is 1. The second kappa shape index (κ2) is 4.56. The van der Waals surface area contributed by atoms with Crippen molar-refractivity contribution in [1.29, 1.82) is 0 Å². The second-order valence-electron chi connectivity index (χ2n) is 5.04. The van der Waals surface area contributed by atoms with E-state index in [0.29, 0.717) is 0 Å². The number of aryl methyl sites for hydroxylation is 2. The van der Waals surface area contributed by atoms with Gasteiger partial charge in [0, 0.05) is 12.0 Å². The summed E-state index contributed by atoms with van der Waals surface area (Å²) in [6.45, 7) is 6.47. The van der Waals surface area contributed by atoms with E-state index in [0.717, 1.165) is 25.9 Å². The zero-order chi connectivity index (χ0) is 11.6. The van der Waals surface area contributed by atoms with E-state index >= 15 is 0 Å². The van der Waals surface area contributed by atoms with Gasteiger partial charge in [0.1, 0.15) is 0 Å². The lowest BCUT2D eigenvalue weighted by molar-refractivity contribution is 0.162. The van der Waals surface area contributed by atoms with Gasteiger partial charge in [-0.15, -0.1) is 0 Å². The van der Waals surface area contributed by atoms with Crippen molar-refractivity contribution in [2.45, 2.75) is 32.1 Å². The number of hydrogen-bond acceptors (Lipinski definition) is 2. The Morgan fingerprint density at radius 3 is 2.81 bits per heavy atom. The summed E-state index contributed by atoms with van der Waals surface area (Å²) in [4.78, 5) is 0. The third kappa shape index (κ3) is 2.00. The lowest BCUT2D eigenvalue weighted by Crippen LogP contribution is -2.46. The summed E-state index contributed by atoms with van der Waals surface area (Å²) in [5.41, 5.74) is 3.83. The van der Waals surface area contributed by atoms with Gasteiger partial charge < -0.3 is 10.4 Å². The Bertz CT molecular complexity index is 367. The molecule has 1 aliphatic heterocycles. The molecule has 0 aromatic heterocycles. The number of aliphatic hydroxyl groups excluding tert-OH is 1. The predicted molar refractivity (Wildman–Crippen MR) is 66.8 cm³/mol. The summed E-state index contributed by atoms with van der Waals surface area (Å²) >= 11 is 0. The normalized spacial score (nSPS) is 25.7. The van der Waals surface area contributed by atoms with Crippen molar-refractivity contribution in [3.63, 3.8) is 0 Å². The Hall–Kier alpha value is -0.860. The summed E-state index contributed by atoms with van der Waals surface area (Å²) in [6.07, 6.45) is 2.23. The van der Waals surface area contributed by atoms with Crippen LogP contribution in [0.1, 0.15) is 29.5 Å². The highest BCUT2D eigenvalue weighted by atomic mass is 16.3. The lowest BCUT2D eigenvalue weighted by Gasteiger charge is -2.37. The minimum Gasteiger partial charge on any atom is -0.395 e. The second-order valence-corrected chi connectivity index (χ2v) is 5.04. The Morgan fingerprint density at radius 2 is 2.19 bits per heavy atom. The van der Waals surface area contributed by atoms with E-state index in [9.17, 15) is 5.11 Å². The van der Waals surface area contributed by atoms with Gasteiger partial charge in [0.2, 0.25) is 0 Å². The summed E-state index contributed by atoms with van der Waals surface area (Å²) in [5.74, 6) is 0. The summed E-state index contributed by atoms with van der Waals surface area (Å²) in [7, 11) is 0. The molecule has 1 aliphatic rings. The molecule has 1 atom stereocenters. The van der Waals surface area contributed by atoms with Crippen LogP contribution < -0.4 is 5.32 Å². The quantitative estimate of drug-likeness (QED) is 0.796. The molecule has 0 amide bonds. The van der Waals surface area contributed by atoms with Crippen LogP contribution in [0.4, 0.5) is 0 Å². The monoisotopic (exact) mass is 219 g/mol. The molecule has 1 heterocycles. The fourth-order valence-electron chi connectivity index (χ4n) is 2.73. The molecule has 1 saturated heterocycles. The van der Waals surface area contributed by atoms with Crippen LogP contribution in [-0.4, -0.2) is 24.8 Å². The molecular weight excluding hydrogens is 198 g/mol. The van der Waals surface area contributed by atoms with Gasteiger partial charge in [-0.05, 0) is 44.4 Å². The largest absolute Gasteiger partial charge is 0.395 e. The Labute approximate surface area is 97.7 Å². The average Bonchev–Trinajstić information content (AvgIpc) is 2.33.